The lowest BCUT2D eigenvalue weighted by Gasteiger charge is -2.39. The fourth-order valence-electron chi connectivity index (χ4n) is 4.41. The Morgan fingerprint density at radius 1 is 1.07 bits per heavy atom. The second-order valence-electron chi connectivity index (χ2n) is 9.07. The molecule has 0 N–H and O–H groups in total. The molecule has 0 spiro atoms. The van der Waals surface area contributed by atoms with Crippen molar-refractivity contribution in [3.8, 4) is 0 Å². The molecule has 0 bridgehead atoms. The molecule has 2 amide bonds. The molecule has 0 unspecified atom stereocenters. The molecule has 5 nitrogen and oxygen atoms in total. The summed E-state index contributed by atoms with van der Waals surface area (Å²) in [5.41, 5.74) is 0.270. The van der Waals surface area contributed by atoms with Crippen molar-refractivity contribution in [1.82, 2.24) is 9.80 Å². The highest BCUT2D eigenvalue weighted by Gasteiger charge is 2.39. The predicted molar refractivity (Wildman–Crippen MR) is 117 cm³/mol. The lowest BCUT2D eigenvalue weighted by molar-refractivity contribution is 0.0257. The van der Waals surface area contributed by atoms with Gasteiger partial charge in [-0.25, -0.2) is 4.79 Å². The minimum absolute atomic E-state index is 0.0491. The summed E-state index contributed by atoms with van der Waals surface area (Å²) in [5, 5.41) is 0. The second-order valence-corrected chi connectivity index (χ2v) is 9.92. The number of hydrogen-bond acceptors (Lipinski definition) is 4. The standard InChI is InChI=1S/C23H34N2O3S/c1-23(2,3)28-22(27)24-15-14-18(16-24)25(17-10-6-5-7-11-17)21(26)19-12-8-9-13-20(19)29-4/h8-9,12-13,17-18H,5-7,10-11,14-16H2,1-4H3/t18-/m0/s1. The lowest BCUT2D eigenvalue weighted by Crippen LogP contribution is -2.49. The van der Waals surface area contributed by atoms with E-state index in [-0.39, 0.29) is 24.1 Å². The molecule has 1 aromatic carbocycles. The van der Waals surface area contributed by atoms with Gasteiger partial charge in [-0.05, 0) is 58.4 Å². The van der Waals surface area contributed by atoms with Crippen LogP contribution >= 0.6 is 11.8 Å². The van der Waals surface area contributed by atoms with Gasteiger partial charge in [0.25, 0.3) is 5.91 Å². The first-order valence-electron chi connectivity index (χ1n) is 10.7. The zero-order valence-electron chi connectivity index (χ0n) is 18.1. The van der Waals surface area contributed by atoms with Gasteiger partial charge in [-0.3, -0.25) is 4.79 Å². The highest BCUT2D eigenvalue weighted by molar-refractivity contribution is 7.98. The number of thioether (sulfide) groups is 1. The van der Waals surface area contributed by atoms with Crippen molar-refractivity contribution >= 4 is 23.8 Å². The molecule has 1 saturated carbocycles. The molecule has 1 heterocycles. The van der Waals surface area contributed by atoms with E-state index in [1.54, 1.807) is 16.7 Å². The zero-order chi connectivity index (χ0) is 21.0. The van der Waals surface area contributed by atoms with Crippen molar-refractivity contribution < 1.29 is 14.3 Å². The molecule has 3 rings (SSSR count). The topological polar surface area (TPSA) is 49.9 Å². The Kier molecular flexibility index (Phi) is 7.14. The summed E-state index contributed by atoms with van der Waals surface area (Å²) in [5.74, 6) is 0.109. The molecule has 2 fully saturated rings. The van der Waals surface area contributed by atoms with Gasteiger partial charge in [-0.2, -0.15) is 0 Å². The molecule has 0 radical (unpaired) electrons. The van der Waals surface area contributed by atoms with E-state index in [0.29, 0.717) is 13.1 Å². The van der Waals surface area contributed by atoms with E-state index in [1.807, 2.05) is 51.3 Å². The van der Waals surface area contributed by atoms with Crippen LogP contribution in [0.5, 0.6) is 0 Å². The predicted octanol–water partition coefficient (Wildman–Crippen LogP) is 5.19. The Morgan fingerprint density at radius 2 is 1.76 bits per heavy atom. The number of ether oxygens (including phenoxy) is 1. The van der Waals surface area contributed by atoms with Crippen molar-refractivity contribution in [1.29, 1.82) is 0 Å². The van der Waals surface area contributed by atoms with Crippen molar-refractivity contribution in [3.63, 3.8) is 0 Å². The fraction of sp³-hybridized carbons (Fsp3) is 0.652. The van der Waals surface area contributed by atoms with Crippen LogP contribution in [0.15, 0.2) is 29.2 Å². The Bertz CT molecular complexity index is 725. The monoisotopic (exact) mass is 418 g/mol. The van der Waals surface area contributed by atoms with Crippen LogP contribution in [0.4, 0.5) is 4.79 Å². The minimum atomic E-state index is -0.509. The van der Waals surface area contributed by atoms with Gasteiger partial charge in [0.2, 0.25) is 0 Å². The van der Waals surface area contributed by atoms with E-state index in [4.69, 9.17) is 4.74 Å². The summed E-state index contributed by atoms with van der Waals surface area (Å²) in [4.78, 5) is 31.1. The van der Waals surface area contributed by atoms with Gasteiger partial charge in [0, 0.05) is 24.0 Å². The third kappa shape index (κ3) is 5.47. The summed E-state index contributed by atoms with van der Waals surface area (Å²) in [6.07, 6.45) is 8.23. The van der Waals surface area contributed by atoms with E-state index in [2.05, 4.69) is 4.90 Å². The smallest absolute Gasteiger partial charge is 0.410 e. The van der Waals surface area contributed by atoms with E-state index >= 15 is 0 Å². The van der Waals surface area contributed by atoms with E-state index in [1.165, 1.54) is 19.3 Å². The molecule has 1 atom stereocenters. The Balaban J connectivity index is 1.81. The van der Waals surface area contributed by atoms with Crippen LogP contribution in [-0.2, 0) is 4.74 Å². The first-order valence-corrected chi connectivity index (χ1v) is 12.0. The maximum Gasteiger partial charge on any atom is 0.410 e. The minimum Gasteiger partial charge on any atom is -0.444 e. The number of carbonyl (C=O) groups excluding carboxylic acids is 2. The molecule has 1 aromatic rings. The second kappa shape index (κ2) is 9.41. The Morgan fingerprint density at radius 3 is 2.41 bits per heavy atom. The fourth-order valence-corrected chi connectivity index (χ4v) is 5.00. The van der Waals surface area contributed by atoms with Crippen LogP contribution in [0.25, 0.3) is 0 Å². The molecular formula is C23H34N2O3S. The maximum absolute atomic E-state index is 13.7. The summed E-state index contributed by atoms with van der Waals surface area (Å²) in [6, 6.07) is 8.17. The Labute approximate surface area is 179 Å². The van der Waals surface area contributed by atoms with E-state index in [9.17, 15) is 9.59 Å². The average Bonchev–Trinajstić information content (AvgIpc) is 3.17. The number of hydrogen-bond donors (Lipinski definition) is 0. The molecule has 160 valence electrons. The number of rotatable bonds is 4. The van der Waals surface area contributed by atoms with Crippen LogP contribution in [0, 0.1) is 0 Å². The molecule has 0 aromatic heterocycles. The molecule has 1 aliphatic carbocycles. The summed E-state index contributed by atoms with van der Waals surface area (Å²) < 4.78 is 5.56. The molecule has 1 aliphatic heterocycles. The quantitative estimate of drug-likeness (QED) is 0.631. The van der Waals surface area contributed by atoms with E-state index in [0.717, 1.165) is 29.7 Å². The summed E-state index contributed by atoms with van der Waals surface area (Å²) >= 11 is 1.61. The van der Waals surface area contributed by atoms with Gasteiger partial charge >= 0.3 is 6.09 Å². The van der Waals surface area contributed by atoms with Gasteiger partial charge in [0.15, 0.2) is 0 Å². The third-order valence-electron chi connectivity index (χ3n) is 5.75. The number of benzene rings is 1. The van der Waals surface area contributed by atoms with Gasteiger partial charge in [0.05, 0.1) is 11.6 Å². The first kappa shape index (κ1) is 22.0. The molecule has 29 heavy (non-hydrogen) atoms. The lowest BCUT2D eigenvalue weighted by atomic mass is 9.92. The molecular weight excluding hydrogens is 384 g/mol. The van der Waals surface area contributed by atoms with Crippen LogP contribution < -0.4 is 0 Å². The van der Waals surface area contributed by atoms with Gasteiger partial charge in [-0.1, -0.05) is 31.4 Å². The van der Waals surface area contributed by atoms with E-state index < -0.39 is 5.60 Å². The maximum atomic E-state index is 13.7. The molecule has 2 aliphatic rings. The molecule has 6 heteroatoms. The normalized spacial score (nSPS) is 20.6. The van der Waals surface area contributed by atoms with Crippen LogP contribution in [0.1, 0.15) is 69.7 Å². The van der Waals surface area contributed by atoms with Crippen LogP contribution in [0.2, 0.25) is 0 Å². The number of amides is 2. The van der Waals surface area contributed by atoms with Crippen molar-refractivity contribution in [2.24, 2.45) is 0 Å². The molecule has 1 saturated heterocycles. The first-order chi connectivity index (χ1) is 13.8. The van der Waals surface area contributed by atoms with Gasteiger partial charge < -0.3 is 14.5 Å². The average molecular weight is 419 g/mol. The third-order valence-corrected chi connectivity index (χ3v) is 6.54. The highest BCUT2D eigenvalue weighted by Crippen LogP contribution is 2.31. The SMILES string of the molecule is CSc1ccccc1C(=O)N(C1CCCCC1)[C@H]1CCN(C(=O)OC(C)(C)C)C1. The van der Waals surface area contributed by atoms with Crippen LogP contribution in [-0.4, -0.2) is 58.8 Å². The highest BCUT2D eigenvalue weighted by atomic mass is 32.2. The zero-order valence-corrected chi connectivity index (χ0v) is 19.0. The van der Waals surface area contributed by atoms with Crippen molar-refractivity contribution in [2.45, 2.75) is 81.9 Å². The van der Waals surface area contributed by atoms with Crippen molar-refractivity contribution in [2.75, 3.05) is 19.3 Å². The van der Waals surface area contributed by atoms with Crippen LogP contribution in [0.3, 0.4) is 0 Å². The Hall–Kier alpha value is -1.69. The largest absolute Gasteiger partial charge is 0.444 e. The number of carbonyl (C=O) groups is 2. The van der Waals surface area contributed by atoms with Gasteiger partial charge in [-0.15, -0.1) is 11.8 Å². The van der Waals surface area contributed by atoms with Crippen molar-refractivity contribution in [3.05, 3.63) is 29.8 Å². The number of likely N-dealkylation sites (tertiary alicyclic amines) is 1. The summed E-state index contributed by atoms with van der Waals surface area (Å²) in [6.45, 7) is 6.85. The van der Waals surface area contributed by atoms with Gasteiger partial charge in [0.1, 0.15) is 5.60 Å². The summed E-state index contributed by atoms with van der Waals surface area (Å²) in [7, 11) is 0. The number of nitrogens with zero attached hydrogens (tertiary/aromatic N) is 2.